The van der Waals surface area contributed by atoms with E-state index in [0.717, 1.165) is 0 Å². The van der Waals surface area contributed by atoms with Crippen molar-refractivity contribution >= 4 is 17.3 Å². The lowest BCUT2D eigenvalue weighted by atomic mass is 9.96. The van der Waals surface area contributed by atoms with Crippen LogP contribution >= 0.6 is 0 Å². The van der Waals surface area contributed by atoms with Gasteiger partial charge in [-0.1, -0.05) is 6.07 Å². The van der Waals surface area contributed by atoms with Gasteiger partial charge in [-0.05, 0) is 18.2 Å². The van der Waals surface area contributed by atoms with Crippen molar-refractivity contribution in [2.45, 2.75) is 18.4 Å². The summed E-state index contributed by atoms with van der Waals surface area (Å²) in [6.07, 6.45) is -0.0315. The number of nitrogens with one attached hydrogen (secondary N) is 3. The second-order valence-electron chi connectivity index (χ2n) is 8.51. The van der Waals surface area contributed by atoms with E-state index in [1.165, 1.54) is 31.6 Å². The van der Waals surface area contributed by atoms with Crippen molar-refractivity contribution < 1.29 is 36.9 Å². The van der Waals surface area contributed by atoms with Crippen LogP contribution in [0.25, 0.3) is 11.3 Å². The van der Waals surface area contributed by atoms with Crippen LogP contribution in [0, 0.1) is 5.82 Å². The Balaban J connectivity index is 1.61. The average Bonchev–Trinajstić information content (AvgIpc) is 3.28. The molecule has 2 aliphatic rings. The molecule has 1 fully saturated rings. The molecule has 12 heteroatoms. The number of aromatic nitrogens is 2. The van der Waals surface area contributed by atoms with Crippen molar-refractivity contribution in [3.8, 4) is 22.8 Å². The van der Waals surface area contributed by atoms with Gasteiger partial charge in [0.15, 0.2) is 11.6 Å². The molecule has 3 aromatic rings. The van der Waals surface area contributed by atoms with Gasteiger partial charge < -0.3 is 34.6 Å². The molecule has 0 radical (unpaired) electrons. The summed E-state index contributed by atoms with van der Waals surface area (Å²) in [6, 6.07) is 5.88. The minimum Gasteiger partial charge on any atom is -0.492 e. The monoisotopic (exact) mass is 518 g/mol. The van der Waals surface area contributed by atoms with Crippen LogP contribution in [-0.2, 0) is 9.47 Å². The maximum atomic E-state index is 14.4. The Morgan fingerprint density at radius 1 is 1.27 bits per heavy atom. The van der Waals surface area contributed by atoms with Gasteiger partial charge in [0, 0.05) is 24.0 Å². The highest BCUT2D eigenvalue weighted by atomic mass is 19.3. The number of H-pyrrole nitrogens is 1. The summed E-state index contributed by atoms with van der Waals surface area (Å²) in [5, 5.41) is 5.56. The largest absolute Gasteiger partial charge is 0.492 e. The van der Waals surface area contributed by atoms with Crippen molar-refractivity contribution in [2.24, 2.45) is 0 Å². The second-order valence-corrected chi connectivity index (χ2v) is 8.51. The third-order valence-electron chi connectivity index (χ3n) is 6.21. The van der Waals surface area contributed by atoms with Crippen LogP contribution in [0.1, 0.15) is 22.0 Å². The molecule has 2 unspecified atom stereocenters. The van der Waals surface area contributed by atoms with E-state index in [9.17, 15) is 18.0 Å². The van der Waals surface area contributed by atoms with Crippen LogP contribution in [0.4, 0.5) is 24.5 Å². The summed E-state index contributed by atoms with van der Waals surface area (Å²) in [7, 11) is 1.31. The molecular formula is C25H25F3N4O5. The molecule has 3 N–H and O–H groups in total. The molecular weight excluding hydrogens is 493 g/mol. The standard InChI is InChI=1S/C25H25F3N4O5/c1-34-23-16(26)3-2-4-17(23)31-22-19-20(15(24(27)28)9-30-25(19)33)32-21(22)14-5-6-29-10-18(14)37-12-13-11-35-7-8-36-13/h2-6,10,13,15,24,31-32H,7-9,11-12H2,1H3,(H,30,33). The maximum Gasteiger partial charge on any atom is 0.255 e. The fourth-order valence-electron chi connectivity index (χ4n) is 4.43. The van der Waals surface area contributed by atoms with Gasteiger partial charge in [0.05, 0.1) is 61.7 Å². The smallest absolute Gasteiger partial charge is 0.255 e. The number of methoxy groups -OCH3 is 1. The van der Waals surface area contributed by atoms with Crippen molar-refractivity contribution in [2.75, 3.05) is 45.4 Å². The second kappa shape index (κ2) is 10.7. The highest BCUT2D eigenvalue weighted by Gasteiger charge is 2.37. The van der Waals surface area contributed by atoms with E-state index < -0.39 is 24.1 Å². The summed E-state index contributed by atoms with van der Waals surface area (Å²) in [5.41, 5.74) is 1.22. The Labute approximate surface area is 210 Å². The molecule has 196 valence electrons. The quantitative estimate of drug-likeness (QED) is 0.416. The zero-order chi connectivity index (χ0) is 25.9. The molecule has 0 aliphatic carbocycles. The zero-order valence-electron chi connectivity index (χ0n) is 19.9. The summed E-state index contributed by atoms with van der Waals surface area (Å²) < 4.78 is 64.6. The van der Waals surface area contributed by atoms with Crippen LogP contribution in [0.15, 0.2) is 36.7 Å². The molecule has 5 rings (SSSR count). The number of pyridine rings is 1. The topological polar surface area (TPSA) is 107 Å². The first kappa shape index (κ1) is 24.9. The van der Waals surface area contributed by atoms with E-state index in [1.807, 2.05) is 0 Å². The molecule has 2 atom stereocenters. The summed E-state index contributed by atoms with van der Waals surface area (Å²) in [6.45, 7) is 1.26. The van der Waals surface area contributed by atoms with E-state index in [4.69, 9.17) is 18.9 Å². The van der Waals surface area contributed by atoms with Gasteiger partial charge in [-0.3, -0.25) is 9.78 Å². The predicted molar refractivity (Wildman–Crippen MR) is 127 cm³/mol. The van der Waals surface area contributed by atoms with Crippen molar-refractivity contribution in [1.82, 2.24) is 15.3 Å². The number of anilines is 2. The summed E-state index contributed by atoms with van der Waals surface area (Å²) >= 11 is 0. The molecule has 2 aromatic heterocycles. The third-order valence-corrected chi connectivity index (χ3v) is 6.21. The number of para-hydroxylation sites is 1. The number of hydrogen-bond acceptors (Lipinski definition) is 7. The first-order chi connectivity index (χ1) is 18.0. The van der Waals surface area contributed by atoms with Gasteiger partial charge >= 0.3 is 0 Å². The predicted octanol–water partition coefficient (Wildman–Crippen LogP) is 3.85. The number of carbonyl (C=O) groups excluding carboxylic acids is 1. The fraction of sp³-hybridized carbons (Fsp3) is 0.360. The van der Waals surface area contributed by atoms with E-state index in [-0.39, 0.29) is 47.6 Å². The van der Waals surface area contributed by atoms with Crippen molar-refractivity contribution in [1.29, 1.82) is 0 Å². The lowest BCUT2D eigenvalue weighted by Gasteiger charge is -2.23. The molecule has 1 aromatic carbocycles. The normalized spacial score (nSPS) is 19.3. The molecule has 37 heavy (non-hydrogen) atoms. The molecule has 0 saturated carbocycles. The minimum absolute atomic E-state index is 0.00430. The lowest BCUT2D eigenvalue weighted by Crippen LogP contribution is -2.37. The number of amides is 1. The van der Waals surface area contributed by atoms with Crippen LogP contribution in [0.5, 0.6) is 11.5 Å². The van der Waals surface area contributed by atoms with Gasteiger partial charge in [0.2, 0.25) is 6.43 Å². The van der Waals surface area contributed by atoms with Gasteiger partial charge in [-0.15, -0.1) is 0 Å². The van der Waals surface area contributed by atoms with E-state index in [1.54, 1.807) is 12.1 Å². The maximum absolute atomic E-state index is 14.4. The third kappa shape index (κ3) is 4.94. The number of carbonyl (C=O) groups is 1. The zero-order valence-corrected chi connectivity index (χ0v) is 19.9. The Morgan fingerprint density at radius 2 is 2.14 bits per heavy atom. The van der Waals surface area contributed by atoms with Crippen molar-refractivity contribution in [3.05, 3.63) is 53.7 Å². The van der Waals surface area contributed by atoms with Gasteiger partial charge in [0.25, 0.3) is 5.91 Å². The molecule has 4 heterocycles. The van der Waals surface area contributed by atoms with Crippen LogP contribution in [0.3, 0.4) is 0 Å². The lowest BCUT2D eigenvalue weighted by molar-refractivity contribution is -0.101. The summed E-state index contributed by atoms with van der Waals surface area (Å²) in [4.78, 5) is 20.1. The Kier molecular flexibility index (Phi) is 7.19. The molecule has 2 aliphatic heterocycles. The number of nitrogens with zero attached hydrogens (tertiary/aromatic N) is 1. The highest BCUT2D eigenvalue weighted by Crippen LogP contribution is 2.44. The first-order valence-electron chi connectivity index (χ1n) is 11.7. The molecule has 0 bridgehead atoms. The van der Waals surface area contributed by atoms with Gasteiger partial charge in [-0.2, -0.15) is 0 Å². The molecule has 1 saturated heterocycles. The number of halogens is 3. The molecule has 9 nitrogen and oxygen atoms in total. The van der Waals surface area contributed by atoms with Crippen LogP contribution in [-0.4, -0.2) is 68.5 Å². The Bertz CT molecular complexity index is 1280. The number of alkyl halides is 2. The number of rotatable bonds is 8. The number of benzene rings is 1. The van der Waals surface area contributed by atoms with E-state index in [0.29, 0.717) is 36.8 Å². The number of ether oxygens (including phenoxy) is 4. The first-order valence-corrected chi connectivity index (χ1v) is 11.7. The molecule has 0 spiro atoms. The Morgan fingerprint density at radius 3 is 2.89 bits per heavy atom. The fourth-order valence-corrected chi connectivity index (χ4v) is 4.43. The van der Waals surface area contributed by atoms with Crippen LogP contribution in [0.2, 0.25) is 0 Å². The van der Waals surface area contributed by atoms with E-state index in [2.05, 4.69) is 20.6 Å². The highest BCUT2D eigenvalue weighted by molar-refractivity contribution is 6.07. The number of fused-ring (bicyclic) bond motifs is 1. The van der Waals surface area contributed by atoms with Crippen molar-refractivity contribution in [3.63, 3.8) is 0 Å². The van der Waals surface area contributed by atoms with Gasteiger partial charge in [0.1, 0.15) is 18.5 Å². The SMILES string of the molecule is COc1c(F)cccc1Nc1c(-c2ccncc2OCC2COCCO2)[nH]c2c1C(=O)NCC2C(F)F. The number of hydrogen-bond donors (Lipinski definition) is 3. The van der Waals surface area contributed by atoms with Gasteiger partial charge in [-0.25, -0.2) is 13.2 Å². The van der Waals surface area contributed by atoms with Crippen LogP contribution < -0.4 is 20.1 Å². The molecule has 1 amide bonds. The minimum atomic E-state index is -2.74. The Hall–Kier alpha value is -3.77. The van der Waals surface area contributed by atoms with E-state index >= 15 is 0 Å². The summed E-state index contributed by atoms with van der Waals surface area (Å²) in [5.74, 6) is -2.20. The number of aromatic amines is 1. The average molecular weight is 518 g/mol.